The van der Waals surface area contributed by atoms with Crippen LogP contribution in [0.15, 0.2) is 42.6 Å². The average molecular weight is 363 g/mol. The summed E-state index contributed by atoms with van der Waals surface area (Å²) in [5.74, 6) is 0. The topological polar surface area (TPSA) is 17.8 Å². The summed E-state index contributed by atoms with van der Waals surface area (Å²) in [7, 11) is 0. The Balaban J connectivity index is 0.00000104. The van der Waals surface area contributed by atoms with Gasteiger partial charge in [-0.1, -0.05) is 17.7 Å². The predicted octanol–water partition coefficient (Wildman–Crippen LogP) is 5.31. The van der Waals surface area contributed by atoms with Gasteiger partial charge in [-0.3, -0.25) is 4.98 Å². The van der Waals surface area contributed by atoms with Gasteiger partial charge in [0.25, 0.3) is 0 Å². The summed E-state index contributed by atoms with van der Waals surface area (Å²) in [5.41, 5.74) is 7.13. The van der Waals surface area contributed by atoms with Gasteiger partial charge in [0.15, 0.2) is 0 Å². The van der Waals surface area contributed by atoms with Gasteiger partial charge in [-0.2, -0.15) is 0 Å². The van der Waals surface area contributed by atoms with Crippen LogP contribution in [0.2, 0.25) is 0 Å². The third-order valence-corrected chi connectivity index (χ3v) is 4.85. The molecule has 0 fully saturated rings. The van der Waals surface area contributed by atoms with E-state index in [2.05, 4.69) is 46.8 Å². The van der Waals surface area contributed by atoms with Crippen molar-refractivity contribution in [1.29, 1.82) is 0 Å². The molecule has 2 nitrogen and oxygen atoms in total. The smallest absolute Gasteiger partial charge is 0.0485 e. The van der Waals surface area contributed by atoms with E-state index in [0.29, 0.717) is 0 Å². The molecule has 0 spiro atoms. The summed E-state index contributed by atoms with van der Waals surface area (Å²) in [6.07, 6.45) is 8.02. The van der Waals surface area contributed by atoms with Crippen molar-refractivity contribution in [3.8, 4) is 0 Å². The second-order valence-corrected chi connectivity index (χ2v) is 6.38. The van der Waals surface area contributed by atoms with Crippen LogP contribution in [-0.2, 0) is 25.8 Å². The van der Waals surface area contributed by atoms with Gasteiger partial charge < -0.3 is 4.57 Å². The first kappa shape index (κ1) is 18.8. The Kier molecular flexibility index (Phi) is 6.31. The van der Waals surface area contributed by atoms with Gasteiger partial charge >= 0.3 is 0 Å². The van der Waals surface area contributed by atoms with E-state index in [4.69, 9.17) is 0 Å². The lowest BCUT2D eigenvalue weighted by Gasteiger charge is -2.16. The van der Waals surface area contributed by atoms with Crippen molar-refractivity contribution in [2.24, 2.45) is 0 Å². The summed E-state index contributed by atoms with van der Waals surface area (Å²) in [6.45, 7) is 3.23. The molecule has 0 radical (unpaired) electrons. The van der Waals surface area contributed by atoms with Gasteiger partial charge in [-0.15, -0.1) is 24.8 Å². The van der Waals surface area contributed by atoms with Gasteiger partial charge in [-0.05, 0) is 62.4 Å². The fraction of sp³-hybridized carbons (Fsp3) is 0.350. The molecule has 1 aliphatic rings. The maximum atomic E-state index is 4.47. The molecule has 4 rings (SSSR count). The Morgan fingerprint density at radius 2 is 1.88 bits per heavy atom. The van der Waals surface area contributed by atoms with Crippen molar-refractivity contribution in [3.63, 3.8) is 0 Å². The lowest BCUT2D eigenvalue weighted by molar-refractivity contribution is 0.609. The molecule has 128 valence electrons. The number of hydrogen-bond donors (Lipinski definition) is 0. The van der Waals surface area contributed by atoms with Gasteiger partial charge in [-0.25, -0.2) is 0 Å². The molecule has 24 heavy (non-hydrogen) atoms. The Morgan fingerprint density at radius 1 is 1.04 bits per heavy atom. The first-order valence-electron chi connectivity index (χ1n) is 8.33. The lowest BCUT2D eigenvalue weighted by Crippen LogP contribution is -2.10. The minimum absolute atomic E-state index is 0. The molecule has 0 amide bonds. The van der Waals surface area contributed by atoms with Gasteiger partial charge in [0.1, 0.15) is 0 Å². The zero-order chi connectivity index (χ0) is 14.9. The number of fused-ring (bicyclic) bond motifs is 3. The summed E-state index contributed by atoms with van der Waals surface area (Å²) >= 11 is 0. The first-order chi connectivity index (χ1) is 10.8. The fourth-order valence-corrected chi connectivity index (χ4v) is 3.78. The highest BCUT2D eigenvalue weighted by Crippen LogP contribution is 2.32. The number of rotatable bonds is 3. The average Bonchev–Trinajstić information content (AvgIpc) is 2.87. The Morgan fingerprint density at radius 3 is 2.67 bits per heavy atom. The molecule has 2 aromatic heterocycles. The first-order valence-corrected chi connectivity index (χ1v) is 8.33. The molecule has 0 N–H and O–H groups in total. The van der Waals surface area contributed by atoms with E-state index in [9.17, 15) is 0 Å². The molecule has 3 aromatic rings. The Hall–Kier alpha value is -1.51. The molecule has 0 aliphatic heterocycles. The maximum Gasteiger partial charge on any atom is 0.0485 e. The molecule has 2 heterocycles. The van der Waals surface area contributed by atoms with Crippen LogP contribution in [0.3, 0.4) is 0 Å². The van der Waals surface area contributed by atoms with Crippen molar-refractivity contribution >= 4 is 35.7 Å². The molecule has 0 unspecified atom stereocenters. The van der Waals surface area contributed by atoms with E-state index in [0.717, 1.165) is 13.0 Å². The molecule has 0 atom stereocenters. The van der Waals surface area contributed by atoms with Crippen LogP contribution in [0.25, 0.3) is 10.9 Å². The highest BCUT2D eigenvalue weighted by molar-refractivity contribution is 5.86. The largest absolute Gasteiger partial charge is 0.344 e. The molecular weight excluding hydrogens is 339 g/mol. The zero-order valence-electron chi connectivity index (χ0n) is 14.0. The lowest BCUT2D eigenvalue weighted by atomic mass is 9.95. The molecule has 1 aliphatic carbocycles. The summed E-state index contributed by atoms with van der Waals surface area (Å²) < 4.78 is 2.55. The Labute approximate surface area is 156 Å². The third-order valence-electron chi connectivity index (χ3n) is 4.85. The number of aryl methyl sites for hydroxylation is 4. The highest BCUT2D eigenvalue weighted by Gasteiger charge is 2.19. The van der Waals surface area contributed by atoms with Gasteiger partial charge in [0.2, 0.25) is 0 Å². The third kappa shape index (κ3) is 3.45. The summed E-state index contributed by atoms with van der Waals surface area (Å²) in [5, 5.41) is 1.48. The molecule has 4 heteroatoms. The normalized spacial score (nSPS) is 13.0. The van der Waals surface area contributed by atoms with E-state index < -0.39 is 0 Å². The van der Waals surface area contributed by atoms with Gasteiger partial charge in [0.05, 0.1) is 0 Å². The van der Waals surface area contributed by atoms with Crippen molar-refractivity contribution in [2.45, 2.75) is 45.6 Å². The van der Waals surface area contributed by atoms with Crippen molar-refractivity contribution in [2.75, 3.05) is 0 Å². The fourth-order valence-electron chi connectivity index (χ4n) is 3.78. The summed E-state index contributed by atoms with van der Waals surface area (Å²) in [4.78, 5) is 4.47. The van der Waals surface area contributed by atoms with Crippen molar-refractivity contribution < 1.29 is 0 Å². The number of pyridine rings is 1. The SMILES string of the molecule is Cc1ccc2c(c1)c1c(n2CCc2ccccn2)CCCC1.Cl.Cl. The van der Waals surface area contributed by atoms with Crippen LogP contribution in [0.1, 0.15) is 35.4 Å². The molecule has 1 aromatic carbocycles. The minimum Gasteiger partial charge on any atom is -0.344 e. The second kappa shape index (κ2) is 8.04. The molecule has 0 saturated heterocycles. The summed E-state index contributed by atoms with van der Waals surface area (Å²) in [6, 6.07) is 13.1. The second-order valence-electron chi connectivity index (χ2n) is 6.38. The number of benzene rings is 1. The standard InChI is InChI=1S/C20H22N2.2ClH/c1-15-9-10-20-18(14-15)17-7-2-3-8-19(17)22(20)13-11-16-6-4-5-12-21-16;;/h4-6,9-10,12,14H,2-3,7-8,11,13H2,1H3;2*1H. The van der Waals surface area contributed by atoms with Crippen LogP contribution < -0.4 is 0 Å². The number of aromatic nitrogens is 2. The van der Waals surface area contributed by atoms with Crippen molar-refractivity contribution in [1.82, 2.24) is 9.55 Å². The van der Waals surface area contributed by atoms with Crippen molar-refractivity contribution in [3.05, 3.63) is 65.1 Å². The highest BCUT2D eigenvalue weighted by atomic mass is 35.5. The zero-order valence-corrected chi connectivity index (χ0v) is 15.6. The van der Waals surface area contributed by atoms with E-state index >= 15 is 0 Å². The van der Waals surface area contributed by atoms with Crippen LogP contribution in [-0.4, -0.2) is 9.55 Å². The molecule has 0 saturated carbocycles. The van der Waals surface area contributed by atoms with E-state index in [-0.39, 0.29) is 24.8 Å². The van der Waals surface area contributed by atoms with E-state index in [1.807, 2.05) is 12.3 Å². The van der Waals surface area contributed by atoms with Gasteiger partial charge in [0, 0.05) is 41.5 Å². The monoisotopic (exact) mass is 362 g/mol. The van der Waals surface area contributed by atoms with Crippen LogP contribution in [0.4, 0.5) is 0 Å². The van der Waals surface area contributed by atoms with Crippen LogP contribution in [0.5, 0.6) is 0 Å². The van der Waals surface area contributed by atoms with E-state index in [1.54, 1.807) is 11.3 Å². The molecule has 0 bridgehead atoms. The quantitative estimate of drug-likeness (QED) is 0.617. The maximum absolute atomic E-state index is 4.47. The number of halogens is 2. The minimum atomic E-state index is 0. The number of nitrogens with zero attached hydrogens (tertiary/aromatic N) is 2. The molecular formula is C20H24Cl2N2. The van der Waals surface area contributed by atoms with E-state index in [1.165, 1.54) is 47.8 Å². The predicted molar refractivity (Wildman–Crippen MR) is 106 cm³/mol. The van der Waals surface area contributed by atoms with Crippen LogP contribution in [0, 0.1) is 6.92 Å². The number of hydrogen-bond acceptors (Lipinski definition) is 1. The van der Waals surface area contributed by atoms with Crippen LogP contribution >= 0.6 is 24.8 Å². The Bertz CT molecular complexity index is 809.